The van der Waals surface area contributed by atoms with Gasteiger partial charge < -0.3 is 15.2 Å². The molecule has 4 nitrogen and oxygen atoms in total. The number of carbonyl (C=O) groups is 1. The molecule has 2 aromatic rings. The first-order valence-corrected chi connectivity index (χ1v) is 9.46. The van der Waals surface area contributed by atoms with E-state index < -0.39 is 0 Å². The Balaban J connectivity index is 1.40. The van der Waals surface area contributed by atoms with Gasteiger partial charge in [0.2, 0.25) is 0 Å². The van der Waals surface area contributed by atoms with Gasteiger partial charge in [-0.25, -0.2) is 4.79 Å². The van der Waals surface area contributed by atoms with E-state index in [0.717, 1.165) is 31.2 Å². The third kappa shape index (κ3) is 8.56. The second kappa shape index (κ2) is 12.0. The van der Waals surface area contributed by atoms with Crippen molar-refractivity contribution in [3.8, 4) is 5.75 Å². The summed E-state index contributed by atoms with van der Waals surface area (Å²) in [6, 6.07) is 17.6. The van der Waals surface area contributed by atoms with Gasteiger partial charge >= 0.3 is 6.09 Å². The van der Waals surface area contributed by atoms with Crippen molar-refractivity contribution >= 4 is 6.09 Å². The van der Waals surface area contributed by atoms with E-state index in [9.17, 15) is 9.90 Å². The van der Waals surface area contributed by atoms with Gasteiger partial charge in [0.15, 0.2) is 0 Å². The second-order valence-electron chi connectivity index (χ2n) is 6.48. The first-order valence-electron chi connectivity index (χ1n) is 9.46. The maximum absolute atomic E-state index is 11.6. The van der Waals surface area contributed by atoms with Crippen molar-refractivity contribution in [2.45, 2.75) is 44.9 Å². The van der Waals surface area contributed by atoms with Crippen LogP contribution in [-0.2, 0) is 17.6 Å². The van der Waals surface area contributed by atoms with Crippen LogP contribution in [0.5, 0.6) is 5.75 Å². The van der Waals surface area contributed by atoms with Gasteiger partial charge in [0, 0.05) is 6.54 Å². The van der Waals surface area contributed by atoms with Gasteiger partial charge in [-0.15, -0.1) is 0 Å². The number of alkyl carbamates (subject to hydrolysis) is 1. The van der Waals surface area contributed by atoms with Crippen molar-refractivity contribution in [2.24, 2.45) is 0 Å². The summed E-state index contributed by atoms with van der Waals surface area (Å²) in [5.74, 6) is 0.251. The number of nitrogens with one attached hydrogen (secondary N) is 1. The summed E-state index contributed by atoms with van der Waals surface area (Å²) >= 11 is 0. The third-order valence-corrected chi connectivity index (χ3v) is 4.31. The van der Waals surface area contributed by atoms with Crippen molar-refractivity contribution in [1.29, 1.82) is 0 Å². The third-order valence-electron chi connectivity index (χ3n) is 4.31. The fourth-order valence-corrected chi connectivity index (χ4v) is 2.79. The average Bonchev–Trinajstić information content (AvgIpc) is 2.66. The molecule has 26 heavy (non-hydrogen) atoms. The fraction of sp³-hybridized carbons (Fsp3) is 0.409. The number of aryl methyl sites for hydroxylation is 1. The molecule has 2 N–H and O–H groups in total. The quantitative estimate of drug-likeness (QED) is 0.566. The number of rotatable bonds is 11. The second-order valence-corrected chi connectivity index (χ2v) is 6.48. The Morgan fingerprint density at radius 2 is 1.46 bits per heavy atom. The summed E-state index contributed by atoms with van der Waals surface area (Å²) in [4.78, 5) is 11.6. The molecule has 0 unspecified atom stereocenters. The van der Waals surface area contributed by atoms with Gasteiger partial charge in [-0.2, -0.15) is 0 Å². The summed E-state index contributed by atoms with van der Waals surface area (Å²) in [7, 11) is 0. The Morgan fingerprint density at radius 1 is 0.808 bits per heavy atom. The molecule has 0 aliphatic heterocycles. The molecule has 140 valence electrons. The molecule has 0 saturated heterocycles. The normalized spacial score (nSPS) is 10.5. The molecule has 0 spiro atoms. The highest BCUT2D eigenvalue weighted by atomic mass is 16.5. The Bertz CT molecular complexity index is 626. The number of amides is 1. The van der Waals surface area contributed by atoms with Crippen molar-refractivity contribution in [2.75, 3.05) is 13.2 Å². The Kier molecular flexibility index (Phi) is 9.12. The molecule has 0 saturated carbocycles. The van der Waals surface area contributed by atoms with Crippen LogP contribution in [-0.4, -0.2) is 24.4 Å². The number of carbonyl (C=O) groups excluding carboxylic acids is 1. The van der Waals surface area contributed by atoms with Crippen LogP contribution in [0.15, 0.2) is 54.6 Å². The van der Waals surface area contributed by atoms with Crippen LogP contribution >= 0.6 is 0 Å². The van der Waals surface area contributed by atoms with Gasteiger partial charge in [-0.1, -0.05) is 61.7 Å². The van der Waals surface area contributed by atoms with Crippen LogP contribution in [0.25, 0.3) is 0 Å². The molecular formula is C22H29NO3. The number of benzene rings is 2. The standard InChI is InChI=1S/C22H29NO3/c24-21-14-12-20(13-15-21)16-17-23-22(25)26-18-8-3-1-2-5-9-19-10-6-4-7-11-19/h4,6-7,10-15,24H,1-3,5,8-9,16-18H2,(H,23,25). The first kappa shape index (κ1) is 19.8. The van der Waals surface area contributed by atoms with E-state index in [1.165, 1.54) is 24.8 Å². The van der Waals surface area contributed by atoms with E-state index in [4.69, 9.17) is 4.74 Å². The smallest absolute Gasteiger partial charge is 0.407 e. The van der Waals surface area contributed by atoms with Crippen molar-refractivity contribution in [1.82, 2.24) is 5.32 Å². The molecule has 0 aliphatic rings. The number of aromatic hydroxyl groups is 1. The van der Waals surface area contributed by atoms with Crippen LogP contribution in [0, 0.1) is 0 Å². The molecule has 1 amide bonds. The van der Waals surface area contributed by atoms with Crippen molar-refractivity contribution < 1.29 is 14.6 Å². The summed E-state index contributed by atoms with van der Waals surface area (Å²) < 4.78 is 5.18. The molecule has 2 aromatic carbocycles. The van der Waals surface area contributed by atoms with Gasteiger partial charge in [0.05, 0.1) is 6.61 Å². The van der Waals surface area contributed by atoms with Crippen molar-refractivity contribution in [3.05, 3.63) is 65.7 Å². The zero-order valence-corrected chi connectivity index (χ0v) is 15.3. The number of hydrogen-bond acceptors (Lipinski definition) is 3. The maximum atomic E-state index is 11.6. The predicted molar refractivity (Wildman–Crippen MR) is 104 cm³/mol. The molecule has 0 aliphatic carbocycles. The molecule has 0 fully saturated rings. The number of phenols is 1. The largest absolute Gasteiger partial charge is 0.508 e. The molecule has 2 rings (SSSR count). The number of unbranched alkanes of at least 4 members (excludes halogenated alkanes) is 4. The van der Waals surface area contributed by atoms with Gasteiger partial charge in [0.1, 0.15) is 5.75 Å². The highest BCUT2D eigenvalue weighted by Gasteiger charge is 2.01. The summed E-state index contributed by atoms with van der Waals surface area (Å²) in [5.41, 5.74) is 2.47. The van der Waals surface area contributed by atoms with E-state index in [0.29, 0.717) is 13.2 Å². The minimum absolute atomic E-state index is 0.251. The van der Waals surface area contributed by atoms with E-state index in [1.54, 1.807) is 12.1 Å². The molecule has 0 radical (unpaired) electrons. The maximum Gasteiger partial charge on any atom is 0.407 e. The Labute approximate surface area is 156 Å². The van der Waals surface area contributed by atoms with E-state index in [-0.39, 0.29) is 11.8 Å². The lowest BCUT2D eigenvalue weighted by atomic mass is 10.1. The van der Waals surface area contributed by atoms with E-state index >= 15 is 0 Å². The van der Waals surface area contributed by atoms with E-state index in [1.807, 2.05) is 18.2 Å². The number of hydrogen-bond donors (Lipinski definition) is 2. The van der Waals surface area contributed by atoms with Gasteiger partial charge in [0.25, 0.3) is 0 Å². The van der Waals surface area contributed by atoms with Crippen LogP contribution in [0.4, 0.5) is 4.79 Å². The van der Waals surface area contributed by atoms with E-state index in [2.05, 4.69) is 29.6 Å². The first-order chi connectivity index (χ1) is 12.7. The number of phenolic OH excluding ortho intramolecular Hbond substituents is 1. The lowest BCUT2D eigenvalue weighted by Gasteiger charge is -2.07. The van der Waals surface area contributed by atoms with Crippen molar-refractivity contribution in [3.63, 3.8) is 0 Å². The van der Waals surface area contributed by atoms with Gasteiger partial charge in [-0.05, 0) is 48.9 Å². The predicted octanol–water partition coefficient (Wildman–Crippen LogP) is 4.85. The summed E-state index contributed by atoms with van der Waals surface area (Å²) in [5, 5.41) is 12.0. The minimum atomic E-state index is -0.354. The minimum Gasteiger partial charge on any atom is -0.508 e. The van der Waals surface area contributed by atoms with Crippen LogP contribution in [0.2, 0.25) is 0 Å². The van der Waals surface area contributed by atoms with Crippen LogP contribution < -0.4 is 5.32 Å². The highest BCUT2D eigenvalue weighted by Crippen LogP contribution is 2.10. The Hall–Kier alpha value is -2.49. The SMILES string of the molecule is O=C(NCCc1ccc(O)cc1)OCCCCCCCc1ccccc1. The molecule has 0 heterocycles. The average molecular weight is 355 g/mol. The summed E-state index contributed by atoms with van der Waals surface area (Å²) in [6.45, 7) is 1.01. The molecule has 4 heteroatoms. The molecule has 0 atom stereocenters. The molecule has 0 bridgehead atoms. The lowest BCUT2D eigenvalue weighted by molar-refractivity contribution is 0.144. The van der Waals surface area contributed by atoms with Crippen LogP contribution in [0.3, 0.4) is 0 Å². The monoisotopic (exact) mass is 355 g/mol. The zero-order valence-electron chi connectivity index (χ0n) is 15.3. The number of ether oxygens (including phenoxy) is 1. The van der Waals surface area contributed by atoms with Gasteiger partial charge in [-0.3, -0.25) is 0 Å². The van der Waals surface area contributed by atoms with Crippen LogP contribution in [0.1, 0.15) is 43.2 Å². The fourth-order valence-electron chi connectivity index (χ4n) is 2.79. The summed E-state index contributed by atoms with van der Waals surface area (Å²) in [6.07, 6.45) is 7.12. The molecule has 0 aromatic heterocycles. The lowest BCUT2D eigenvalue weighted by Crippen LogP contribution is -2.26. The molecular weight excluding hydrogens is 326 g/mol. The Morgan fingerprint density at radius 3 is 2.23 bits per heavy atom. The highest BCUT2D eigenvalue weighted by molar-refractivity contribution is 5.67. The topological polar surface area (TPSA) is 58.6 Å². The zero-order chi connectivity index (χ0) is 18.5.